The third-order valence-electron chi connectivity index (χ3n) is 3.74. The lowest BCUT2D eigenvalue weighted by molar-refractivity contribution is -0.111. The van der Waals surface area contributed by atoms with E-state index in [2.05, 4.69) is 28.2 Å². The smallest absolute Gasteiger partial charge is 0.248 e. The van der Waals surface area contributed by atoms with Crippen LogP contribution in [-0.2, 0) is 4.79 Å². The van der Waals surface area contributed by atoms with Gasteiger partial charge >= 0.3 is 0 Å². The first kappa shape index (κ1) is 20.0. The number of amides is 1. The fraction of sp³-hybridized carbons (Fsp3) is 0.286. The summed E-state index contributed by atoms with van der Waals surface area (Å²) < 4.78 is 11.9. The highest BCUT2D eigenvalue weighted by molar-refractivity contribution is 9.10. The molecule has 0 atom stereocenters. The molecular formula is C21H24BrNO3. The van der Waals surface area contributed by atoms with Crippen LogP contribution in [0.1, 0.15) is 31.7 Å². The minimum absolute atomic E-state index is 0.205. The van der Waals surface area contributed by atoms with E-state index < -0.39 is 0 Å². The van der Waals surface area contributed by atoms with Gasteiger partial charge in [-0.2, -0.15) is 0 Å². The Morgan fingerprint density at radius 1 is 1.15 bits per heavy atom. The molecule has 5 heteroatoms. The number of benzene rings is 2. The number of unbranched alkanes of at least 4 members (excludes halogenated alkanes) is 2. The van der Waals surface area contributed by atoms with Crippen molar-refractivity contribution in [3.8, 4) is 11.5 Å². The molecule has 0 aromatic heterocycles. The van der Waals surface area contributed by atoms with Gasteiger partial charge in [0, 0.05) is 21.8 Å². The van der Waals surface area contributed by atoms with E-state index in [4.69, 9.17) is 9.47 Å². The summed E-state index contributed by atoms with van der Waals surface area (Å²) in [6.45, 7) is 2.88. The summed E-state index contributed by atoms with van der Waals surface area (Å²) in [5.41, 5.74) is 1.55. The van der Waals surface area contributed by atoms with Crippen molar-refractivity contribution in [2.45, 2.75) is 26.2 Å². The highest BCUT2D eigenvalue weighted by Gasteiger charge is 2.03. The zero-order valence-corrected chi connectivity index (χ0v) is 16.7. The van der Waals surface area contributed by atoms with E-state index in [1.807, 2.05) is 42.5 Å². The van der Waals surface area contributed by atoms with Crippen molar-refractivity contribution in [1.29, 1.82) is 0 Å². The Morgan fingerprint density at radius 2 is 1.92 bits per heavy atom. The Morgan fingerprint density at radius 3 is 2.62 bits per heavy atom. The van der Waals surface area contributed by atoms with Gasteiger partial charge in [0.2, 0.25) is 5.91 Å². The molecule has 1 N–H and O–H groups in total. The van der Waals surface area contributed by atoms with E-state index in [1.54, 1.807) is 13.2 Å². The Labute approximate surface area is 163 Å². The average molecular weight is 418 g/mol. The number of anilines is 1. The third kappa shape index (κ3) is 6.56. The maximum Gasteiger partial charge on any atom is 0.248 e. The Bertz CT molecular complexity index is 741. The quantitative estimate of drug-likeness (QED) is 0.421. The van der Waals surface area contributed by atoms with Crippen molar-refractivity contribution >= 4 is 33.6 Å². The molecule has 0 fully saturated rings. The van der Waals surface area contributed by atoms with Gasteiger partial charge in [-0.3, -0.25) is 4.79 Å². The third-order valence-corrected chi connectivity index (χ3v) is 4.24. The predicted molar refractivity (Wildman–Crippen MR) is 110 cm³/mol. The molecule has 1 amide bonds. The zero-order chi connectivity index (χ0) is 18.8. The lowest BCUT2D eigenvalue weighted by atomic mass is 10.2. The number of methoxy groups -OCH3 is 1. The van der Waals surface area contributed by atoms with E-state index in [0.29, 0.717) is 5.75 Å². The largest absolute Gasteiger partial charge is 0.496 e. The van der Waals surface area contributed by atoms with Gasteiger partial charge in [0.15, 0.2) is 0 Å². The van der Waals surface area contributed by atoms with E-state index in [9.17, 15) is 4.79 Å². The molecule has 0 saturated heterocycles. The van der Waals surface area contributed by atoms with Crippen molar-refractivity contribution in [1.82, 2.24) is 0 Å². The summed E-state index contributed by atoms with van der Waals surface area (Å²) in [6.07, 6.45) is 6.61. The van der Waals surface area contributed by atoms with Gasteiger partial charge in [-0.15, -0.1) is 0 Å². The van der Waals surface area contributed by atoms with E-state index >= 15 is 0 Å². The maximum atomic E-state index is 12.1. The second-order valence-electron chi connectivity index (χ2n) is 5.79. The number of halogens is 1. The zero-order valence-electron chi connectivity index (χ0n) is 15.1. The number of carbonyl (C=O) groups is 1. The normalized spacial score (nSPS) is 10.7. The predicted octanol–water partition coefficient (Wildman–Crippen LogP) is 5.68. The Kier molecular flexibility index (Phi) is 8.22. The molecular weight excluding hydrogens is 394 g/mol. The molecule has 0 bridgehead atoms. The van der Waals surface area contributed by atoms with Crippen molar-refractivity contribution in [2.75, 3.05) is 19.0 Å². The molecule has 0 unspecified atom stereocenters. The van der Waals surface area contributed by atoms with Crippen LogP contribution >= 0.6 is 15.9 Å². The second-order valence-corrected chi connectivity index (χ2v) is 6.70. The van der Waals surface area contributed by atoms with Crippen molar-refractivity contribution < 1.29 is 14.3 Å². The first-order chi connectivity index (χ1) is 12.6. The van der Waals surface area contributed by atoms with Crippen LogP contribution in [-0.4, -0.2) is 19.6 Å². The van der Waals surface area contributed by atoms with Crippen LogP contribution in [0.5, 0.6) is 11.5 Å². The van der Waals surface area contributed by atoms with Gasteiger partial charge in [0.25, 0.3) is 0 Å². The molecule has 0 aliphatic carbocycles. The highest BCUT2D eigenvalue weighted by Crippen LogP contribution is 2.24. The van der Waals surface area contributed by atoms with Crippen molar-refractivity contribution in [3.05, 3.63) is 58.6 Å². The molecule has 26 heavy (non-hydrogen) atoms. The van der Waals surface area contributed by atoms with Crippen LogP contribution in [0, 0.1) is 0 Å². The summed E-state index contributed by atoms with van der Waals surface area (Å²) in [5, 5.41) is 2.83. The number of ether oxygens (including phenoxy) is 2. The SMILES string of the molecule is CCCCCOc1ccc(NC(=O)/C=C/c2cc(Br)ccc2OC)cc1. The van der Waals surface area contributed by atoms with Crippen LogP contribution < -0.4 is 14.8 Å². The fourth-order valence-electron chi connectivity index (χ4n) is 2.36. The Balaban J connectivity index is 1.90. The molecule has 0 heterocycles. The van der Waals surface area contributed by atoms with Gasteiger partial charge < -0.3 is 14.8 Å². The van der Waals surface area contributed by atoms with Gasteiger partial charge in [-0.1, -0.05) is 35.7 Å². The summed E-state index contributed by atoms with van der Waals surface area (Å²) in [6, 6.07) is 13.0. The maximum absolute atomic E-state index is 12.1. The minimum atomic E-state index is -0.205. The molecule has 138 valence electrons. The lowest BCUT2D eigenvalue weighted by Crippen LogP contribution is -2.07. The first-order valence-electron chi connectivity index (χ1n) is 8.68. The molecule has 0 aliphatic heterocycles. The van der Waals surface area contributed by atoms with E-state index in [0.717, 1.165) is 34.5 Å². The van der Waals surface area contributed by atoms with Gasteiger partial charge in [0.05, 0.1) is 13.7 Å². The van der Waals surface area contributed by atoms with Crippen molar-refractivity contribution in [3.63, 3.8) is 0 Å². The van der Waals surface area contributed by atoms with Crippen molar-refractivity contribution in [2.24, 2.45) is 0 Å². The topological polar surface area (TPSA) is 47.6 Å². The van der Waals surface area contributed by atoms with Crippen LogP contribution in [0.3, 0.4) is 0 Å². The molecule has 2 rings (SSSR count). The molecule has 2 aromatic carbocycles. The Hall–Kier alpha value is -2.27. The number of rotatable bonds is 9. The molecule has 2 aromatic rings. The molecule has 0 spiro atoms. The average Bonchev–Trinajstić information content (AvgIpc) is 2.65. The number of nitrogens with one attached hydrogen (secondary N) is 1. The number of hydrogen-bond acceptors (Lipinski definition) is 3. The molecule has 0 aliphatic rings. The molecule has 0 radical (unpaired) electrons. The van der Waals surface area contributed by atoms with Gasteiger partial charge in [-0.25, -0.2) is 0 Å². The molecule has 4 nitrogen and oxygen atoms in total. The molecule has 0 saturated carbocycles. The van der Waals surface area contributed by atoms with Crippen LogP contribution in [0.25, 0.3) is 6.08 Å². The fourth-order valence-corrected chi connectivity index (χ4v) is 2.74. The lowest BCUT2D eigenvalue weighted by Gasteiger charge is -2.07. The summed E-state index contributed by atoms with van der Waals surface area (Å²) >= 11 is 3.42. The number of hydrogen-bond donors (Lipinski definition) is 1. The van der Waals surface area contributed by atoms with Crippen LogP contribution in [0.4, 0.5) is 5.69 Å². The minimum Gasteiger partial charge on any atom is -0.496 e. The summed E-state index contributed by atoms with van der Waals surface area (Å²) in [7, 11) is 1.60. The van der Waals surface area contributed by atoms with Gasteiger partial charge in [0.1, 0.15) is 11.5 Å². The highest BCUT2D eigenvalue weighted by atomic mass is 79.9. The van der Waals surface area contributed by atoms with Crippen LogP contribution in [0.2, 0.25) is 0 Å². The van der Waals surface area contributed by atoms with E-state index in [-0.39, 0.29) is 5.91 Å². The summed E-state index contributed by atoms with van der Waals surface area (Å²) in [4.78, 5) is 12.1. The van der Waals surface area contributed by atoms with Gasteiger partial charge in [-0.05, 0) is 55.0 Å². The number of carbonyl (C=O) groups excluding carboxylic acids is 1. The van der Waals surface area contributed by atoms with E-state index in [1.165, 1.54) is 18.9 Å². The summed E-state index contributed by atoms with van der Waals surface area (Å²) in [5.74, 6) is 1.32. The second kappa shape index (κ2) is 10.7. The van der Waals surface area contributed by atoms with Crippen LogP contribution in [0.15, 0.2) is 53.0 Å². The first-order valence-corrected chi connectivity index (χ1v) is 9.47. The standard InChI is InChI=1S/C21H24BrNO3/c1-3-4-5-14-26-19-10-8-18(9-11-19)23-21(24)13-6-16-15-17(22)7-12-20(16)25-2/h6-13,15H,3-5,14H2,1-2H3,(H,23,24)/b13-6+. The monoisotopic (exact) mass is 417 g/mol.